The van der Waals surface area contributed by atoms with Gasteiger partial charge in [-0.2, -0.15) is 0 Å². The SMILES string of the molecule is OCC(O)C(CO)(CO)C(O)(CO)CO. The van der Waals surface area contributed by atoms with Crippen LogP contribution >= 0.6 is 0 Å². The van der Waals surface area contributed by atoms with Crippen molar-refractivity contribution in [2.45, 2.75) is 11.7 Å². The molecule has 0 saturated heterocycles. The molecule has 7 heteroatoms. The van der Waals surface area contributed by atoms with Crippen LogP contribution in [-0.4, -0.2) is 80.5 Å². The summed E-state index contributed by atoms with van der Waals surface area (Å²) < 4.78 is 0. The van der Waals surface area contributed by atoms with Crippen LogP contribution < -0.4 is 0 Å². The highest BCUT2D eigenvalue weighted by Crippen LogP contribution is 2.34. The number of aliphatic hydroxyl groups is 7. The highest BCUT2D eigenvalue weighted by atomic mass is 16.4. The van der Waals surface area contributed by atoms with Gasteiger partial charge in [0, 0.05) is 0 Å². The van der Waals surface area contributed by atoms with Gasteiger partial charge < -0.3 is 35.7 Å². The molecular weight excluding hydrogens is 208 g/mol. The number of hydrogen-bond acceptors (Lipinski definition) is 7. The maximum absolute atomic E-state index is 9.75. The lowest BCUT2D eigenvalue weighted by Gasteiger charge is -2.45. The van der Waals surface area contributed by atoms with E-state index in [1.54, 1.807) is 0 Å². The van der Waals surface area contributed by atoms with E-state index in [1.165, 1.54) is 0 Å². The first kappa shape index (κ1) is 14.7. The summed E-state index contributed by atoms with van der Waals surface area (Å²) in [7, 11) is 0. The van der Waals surface area contributed by atoms with Crippen LogP contribution in [0.1, 0.15) is 0 Å². The molecule has 0 radical (unpaired) electrons. The molecule has 0 amide bonds. The van der Waals surface area contributed by atoms with Crippen LogP contribution in [0.5, 0.6) is 0 Å². The minimum absolute atomic E-state index is 0.830. The summed E-state index contributed by atoms with van der Waals surface area (Å²) in [4.78, 5) is 0. The monoisotopic (exact) mass is 226 g/mol. The summed E-state index contributed by atoms with van der Waals surface area (Å²) >= 11 is 0. The molecule has 0 aromatic carbocycles. The molecule has 7 N–H and O–H groups in total. The molecule has 0 aromatic heterocycles. The molecule has 92 valence electrons. The van der Waals surface area contributed by atoms with Gasteiger partial charge in [-0.1, -0.05) is 0 Å². The Balaban J connectivity index is 5.23. The van der Waals surface area contributed by atoms with Gasteiger partial charge >= 0.3 is 0 Å². The molecule has 0 aliphatic carbocycles. The van der Waals surface area contributed by atoms with Crippen LogP contribution in [0.25, 0.3) is 0 Å². The Bertz CT molecular complexity index is 176. The van der Waals surface area contributed by atoms with E-state index in [9.17, 15) is 10.2 Å². The lowest BCUT2D eigenvalue weighted by atomic mass is 9.69. The summed E-state index contributed by atoms with van der Waals surface area (Å²) in [5.74, 6) is 0. The quantitative estimate of drug-likeness (QED) is 0.235. The van der Waals surface area contributed by atoms with Gasteiger partial charge in [-0.15, -0.1) is 0 Å². The predicted octanol–water partition coefficient (Wildman–Crippen LogP) is -3.97. The van der Waals surface area contributed by atoms with Crippen molar-refractivity contribution in [3.8, 4) is 0 Å². The van der Waals surface area contributed by atoms with Crippen molar-refractivity contribution >= 4 is 0 Å². The normalized spacial score (nSPS) is 15.4. The van der Waals surface area contributed by atoms with E-state index < -0.39 is 50.2 Å². The summed E-state index contributed by atoms with van der Waals surface area (Å²) in [6.07, 6.45) is -1.67. The lowest BCUT2D eigenvalue weighted by molar-refractivity contribution is -0.220. The number of rotatable bonds is 7. The van der Waals surface area contributed by atoms with Crippen LogP contribution in [0.15, 0.2) is 0 Å². The second-order valence-corrected chi connectivity index (χ2v) is 3.52. The Kier molecular flexibility index (Phi) is 5.60. The Morgan fingerprint density at radius 1 is 0.800 bits per heavy atom. The first-order valence-corrected chi connectivity index (χ1v) is 4.42. The Morgan fingerprint density at radius 3 is 1.40 bits per heavy atom. The van der Waals surface area contributed by atoms with E-state index in [1.807, 2.05) is 0 Å². The van der Waals surface area contributed by atoms with Crippen molar-refractivity contribution in [3.05, 3.63) is 0 Å². The second-order valence-electron chi connectivity index (χ2n) is 3.52. The van der Waals surface area contributed by atoms with E-state index in [4.69, 9.17) is 25.5 Å². The fourth-order valence-corrected chi connectivity index (χ4v) is 1.40. The lowest BCUT2D eigenvalue weighted by Crippen LogP contribution is -2.64. The van der Waals surface area contributed by atoms with Gasteiger partial charge in [0.15, 0.2) is 0 Å². The minimum Gasteiger partial charge on any atom is -0.395 e. The minimum atomic E-state index is -2.28. The van der Waals surface area contributed by atoms with Crippen molar-refractivity contribution in [1.82, 2.24) is 0 Å². The molecule has 7 nitrogen and oxygen atoms in total. The van der Waals surface area contributed by atoms with Gasteiger partial charge in [0.2, 0.25) is 0 Å². The fourth-order valence-electron chi connectivity index (χ4n) is 1.40. The highest BCUT2D eigenvalue weighted by Gasteiger charge is 2.54. The van der Waals surface area contributed by atoms with Gasteiger partial charge in [-0.05, 0) is 0 Å². The maximum atomic E-state index is 9.75. The summed E-state index contributed by atoms with van der Waals surface area (Å²) in [6, 6.07) is 0. The third-order valence-corrected chi connectivity index (χ3v) is 2.83. The number of aliphatic hydroxyl groups excluding tert-OH is 6. The molecule has 0 spiro atoms. The highest BCUT2D eigenvalue weighted by molar-refractivity contribution is 5.02. The van der Waals surface area contributed by atoms with E-state index in [2.05, 4.69) is 0 Å². The van der Waals surface area contributed by atoms with Crippen LogP contribution in [0.2, 0.25) is 0 Å². The zero-order chi connectivity index (χ0) is 12.1. The first-order chi connectivity index (χ1) is 6.97. The average molecular weight is 226 g/mol. The smallest absolute Gasteiger partial charge is 0.123 e. The van der Waals surface area contributed by atoms with E-state index in [-0.39, 0.29) is 0 Å². The maximum Gasteiger partial charge on any atom is 0.123 e. The Hall–Kier alpha value is -0.280. The predicted molar refractivity (Wildman–Crippen MR) is 48.8 cm³/mol. The molecule has 0 bridgehead atoms. The molecule has 15 heavy (non-hydrogen) atoms. The van der Waals surface area contributed by atoms with Crippen molar-refractivity contribution in [2.75, 3.05) is 33.0 Å². The zero-order valence-electron chi connectivity index (χ0n) is 8.24. The van der Waals surface area contributed by atoms with E-state index >= 15 is 0 Å². The summed E-state index contributed by atoms with van der Waals surface area (Å²) in [6.45, 7) is -4.57. The number of hydrogen-bond donors (Lipinski definition) is 7. The molecule has 0 saturated carbocycles. The first-order valence-electron chi connectivity index (χ1n) is 4.42. The topological polar surface area (TPSA) is 142 Å². The Labute approximate surface area is 86.9 Å². The van der Waals surface area contributed by atoms with Gasteiger partial charge in [0.05, 0.1) is 44.6 Å². The molecule has 1 unspecified atom stereocenters. The average Bonchev–Trinajstić information content (AvgIpc) is 2.30. The molecule has 0 aromatic rings. The summed E-state index contributed by atoms with van der Waals surface area (Å²) in [5.41, 5.74) is -4.26. The molecule has 0 fully saturated rings. The molecular formula is C8H18O7. The third-order valence-electron chi connectivity index (χ3n) is 2.83. The van der Waals surface area contributed by atoms with E-state index in [0.717, 1.165) is 0 Å². The van der Waals surface area contributed by atoms with Gasteiger partial charge in [-0.3, -0.25) is 0 Å². The summed E-state index contributed by atoms with van der Waals surface area (Å²) in [5, 5.41) is 63.8. The van der Waals surface area contributed by atoms with Crippen LogP contribution in [0, 0.1) is 5.41 Å². The molecule has 0 rings (SSSR count). The van der Waals surface area contributed by atoms with Crippen molar-refractivity contribution in [1.29, 1.82) is 0 Å². The standard InChI is InChI=1S/C8H18O7/c9-1-6(14)7(2-10,3-11)8(15,4-12)5-13/h6,9-15H,1-5H2. The largest absolute Gasteiger partial charge is 0.395 e. The van der Waals surface area contributed by atoms with Crippen molar-refractivity contribution < 1.29 is 35.7 Å². The van der Waals surface area contributed by atoms with Crippen molar-refractivity contribution in [3.63, 3.8) is 0 Å². The van der Waals surface area contributed by atoms with Crippen LogP contribution in [0.4, 0.5) is 0 Å². The van der Waals surface area contributed by atoms with Gasteiger partial charge in [-0.25, -0.2) is 0 Å². The fraction of sp³-hybridized carbons (Fsp3) is 1.00. The Morgan fingerprint density at radius 2 is 1.20 bits per heavy atom. The molecule has 0 heterocycles. The zero-order valence-corrected chi connectivity index (χ0v) is 8.24. The van der Waals surface area contributed by atoms with Gasteiger partial charge in [0.1, 0.15) is 5.60 Å². The molecule has 0 aliphatic heterocycles. The van der Waals surface area contributed by atoms with Gasteiger partial charge in [0.25, 0.3) is 0 Å². The third kappa shape index (κ3) is 2.28. The van der Waals surface area contributed by atoms with Crippen molar-refractivity contribution in [2.24, 2.45) is 5.41 Å². The second kappa shape index (κ2) is 5.71. The van der Waals surface area contributed by atoms with Crippen LogP contribution in [-0.2, 0) is 0 Å². The van der Waals surface area contributed by atoms with E-state index in [0.29, 0.717) is 0 Å². The molecule has 1 atom stereocenters. The molecule has 0 aliphatic rings. The van der Waals surface area contributed by atoms with Crippen LogP contribution in [0.3, 0.4) is 0 Å².